The second-order valence-electron chi connectivity index (χ2n) is 7.27. The van der Waals surface area contributed by atoms with Crippen molar-refractivity contribution in [3.63, 3.8) is 0 Å². The molecule has 2 aromatic rings. The number of aliphatic hydroxyl groups excluding tert-OH is 1. The van der Waals surface area contributed by atoms with Crippen molar-refractivity contribution in [2.24, 2.45) is 11.8 Å². The first-order valence-electron chi connectivity index (χ1n) is 8.81. The van der Waals surface area contributed by atoms with E-state index in [9.17, 15) is 9.90 Å². The average molecular weight is 353 g/mol. The molecule has 0 heterocycles. The van der Waals surface area contributed by atoms with E-state index in [1.165, 1.54) is 0 Å². The van der Waals surface area contributed by atoms with Gasteiger partial charge < -0.3 is 5.11 Å². The summed E-state index contributed by atoms with van der Waals surface area (Å²) in [6.07, 6.45) is 2.61. The smallest absolute Gasteiger partial charge is 0.169 e. The third-order valence-electron chi connectivity index (χ3n) is 5.78. The summed E-state index contributed by atoms with van der Waals surface area (Å²) < 4.78 is 0. The van der Waals surface area contributed by atoms with Gasteiger partial charge in [-0.1, -0.05) is 35.9 Å². The number of carbonyl (C=O) groups excluding carboxylic acids is 1. The minimum absolute atomic E-state index is 0.0758. The molecule has 25 heavy (non-hydrogen) atoms. The van der Waals surface area contributed by atoms with Crippen LogP contribution in [-0.2, 0) is 4.79 Å². The highest BCUT2D eigenvalue weighted by atomic mass is 35.5. The fraction of sp³-hybridized carbons (Fsp3) is 0.318. The fourth-order valence-corrected chi connectivity index (χ4v) is 4.43. The second-order valence-corrected chi connectivity index (χ2v) is 7.68. The molecule has 3 heteroatoms. The molecular weight excluding hydrogens is 332 g/mol. The molecule has 2 aliphatic rings. The van der Waals surface area contributed by atoms with Crippen LogP contribution in [0.2, 0.25) is 5.02 Å². The lowest BCUT2D eigenvalue weighted by molar-refractivity contribution is -0.117. The van der Waals surface area contributed by atoms with Crippen molar-refractivity contribution in [3.05, 3.63) is 63.9 Å². The zero-order chi connectivity index (χ0) is 17.7. The quantitative estimate of drug-likeness (QED) is 0.731. The number of Topliss-reactive ketones (excluding diaryl/α,β-unsaturated/α-hetero) is 1. The van der Waals surface area contributed by atoms with Gasteiger partial charge in [-0.05, 0) is 73.1 Å². The number of carbonyl (C=O) groups is 1. The van der Waals surface area contributed by atoms with Crippen LogP contribution >= 0.6 is 11.6 Å². The Hall–Kier alpha value is -2.06. The topological polar surface area (TPSA) is 37.3 Å². The number of ketones is 1. The molecule has 1 N–H and O–H groups in total. The molecule has 0 aromatic heterocycles. The van der Waals surface area contributed by atoms with Gasteiger partial charge in [0.1, 0.15) is 5.76 Å². The number of fused-ring (bicyclic) bond motifs is 2. The minimum Gasteiger partial charge on any atom is -0.511 e. The van der Waals surface area contributed by atoms with Crippen LogP contribution < -0.4 is 0 Å². The Morgan fingerprint density at radius 2 is 1.80 bits per heavy atom. The van der Waals surface area contributed by atoms with Gasteiger partial charge in [-0.15, -0.1) is 0 Å². The van der Waals surface area contributed by atoms with E-state index >= 15 is 0 Å². The fourth-order valence-electron chi connectivity index (χ4n) is 4.25. The summed E-state index contributed by atoms with van der Waals surface area (Å²) in [4.78, 5) is 12.9. The van der Waals surface area contributed by atoms with Gasteiger partial charge in [-0.2, -0.15) is 0 Å². The number of hydrogen-bond donors (Lipinski definition) is 1. The zero-order valence-electron chi connectivity index (χ0n) is 14.5. The predicted octanol–water partition coefficient (Wildman–Crippen LogP) is 5.89. The Kier molecular flexibility index (Phi) is 3.96. The lowest BCUT2D eigenvalue weighted by atomic mass is 9.81. The molecule has 0 unspecified atom stereocenters. The number of hydrogen-bond acceptors (Lipinski definition) is 2. The lowest BCUT2D eigenvalue weighted by Crippen LogP contribution is -2.21. The predicted molar refractivity (Wildman–Crippen MR) is 102 cm³/mol. The van der Waals surface area contributed by atoms with Crippen LogP contribution in [0.15, 0.2) is 42.2 Å². The van der Waals surface area contributed by atoms with Crippen molar-refractivity contribution in [1.29, 1.82) is 0 Å². The number of rotatable bonds is 2. The lowest BCUT2D eigenvalue weighted by Gasteiger charge is -2.23. The Balaban J connectivity index is 1.88. The van der Waals surface area contributed by atoms with Gasteiger partial charge in [0.15, 0.2) is 5.78 Å². The van der Waals surface area contributed by atoms with E-state index in [1.54, 1.807) is 0 Å². The molecule has 4 rings (SSSR count). The molecule has 2 aliphatic carbocycles. The van der Waals surface area contributed by atoms with Gasteiger partial charge in [0, 0.05) is 16.9 Å². The third-order valence-corrected chi connectivity index (χ3v) is 6.19. The highest BCUT2D eigenvalue weighted by molar-refractivity contribution is 6.31. The maximum atomic E-state index is 12.9. The van der Waals surface area contributed by atoms with Crippen molar-refractivity contribution in [3.8, 4) is 11.1 Å². The molecule has 2 nitrogen and oxygen atoms in total. The SMILES string of the molecule is Cc1ccc(-c2cccc(Cl)c2C)cc1C1=C(O)[C@H]2CC[C@H](C2)C1=O. The Labute approximate surface area is 153 Å². The van der Waals surface area contributed by atoms with Crippen molar-refractivity contribution in [1.82, 2.24) is 0 Å². The third kappa shape index (κ3) is 2.60. The van der Waals surface area contributed by atoms with Gasteiger partial charge >= 0.3 is 0 Å². The summed E-state index contributed by atoms with van der Waals surface area (Å²) in [5, 5.41) is 11.4. The summed E-state index contributed by atoms with van der Waals surface area (Å²) in [6.45, 7) is 3.99. The number of halogens is 1. The van der Waals surface area contributed by atoms with Crippen molar-refractivity contribution in [2.45, 2.75) is 33.1 Å². The summed E-state index contributed by atoms with van der Waals surface area (Å²) in [6, 6.07) is 12.0. The van der Waals surface area contributed by atoms with Crippen LogP contribution in [0.5, 0.6) is 0 Å². The molecule has 0 saturated heterocycles. The molecule has 0 amide bonds. The molecule has 1 saturated carbocycles. The number of benzene rings is 2. The monoisotopic (exact) mass is 352 g/mol. The highest BCUT2D eigenvalue weighted by Gasteiger charge is 2.41. The average Bonchev–Trinajstić information content (AvgIpc) is 3.05. The van der Waals surface area contributed by atoms with Crippen LogP contribution in [0.4, 0.5) is 0 Å². The summed E-state index contributed by atoms with van der Waals surface area (Å²) in [5.74, 6) is 0.622. The van der Waals surface area contributed by atoms with E-state index < -0.39 is 0 Å². The first kappa shape index (κ1) is 16.4. The first-order valence-corrected chi connectivity index (χ1v) is 9.19. The standard InChI is InChI=1S/C22H21ClO2/c1-12-6-7-14(17-4-3-5-19(23)13(17)2)11-18(12)20-21(24)15-8-9-16(10-15)22(20)25/h3-7,11,15-16,24H,8-10H2,1-2H3/t15-,16+/m0/s1. The maximum absolute atomic E-state index is 12.9. The minimum atomic E-state index is 0.0758. The largest absolute Gasteiger partial charge is 0.511 e. The number of allylic oxidation sites excluding steroid dienone is 2. The van der Waals surface area contributed by atoms with E-state index in [4.69, 9.17) is 11.6 Å². The molecule has 2 atom stereocenters. The van der Waals surface area contributed by atoms with Crippen LogP contribution in [-0.4, -0.2) is 10.9 Å². The second kappa shape index (κ2) is 6.03. The Bertz CT molecular complexity index is 910. The number of aliphatic hydroxyl groups is 1. The van der Waals surface area contributed by atoms with Crippen LogP contribution in [0, 0.1) is 25.7 Å². The van der Waals surface area contributed by atoms with Gasteiger partial charge in [-0.25, -0.2) is 0 Å². The van der Waals surface area contributed by atoms with Crippen molar-refractivity contribution in [2.75, 3.05) is 0 Å². The van der Waals surface area contributed by atoms with E-state index in [0.29, 0.717) is 11.3 Å². The Morgan fingerprint density at radius 1 is 1.04 bits per heavy atom. The van der Waals surface area contributed by atoms with Gasteiger partial charge in [0.05, 0.1) is 5.57 Å². The normalized spacial score (nSPS) is 22.6. The Morgan fingerprint density at radius 3 is 2.60 bits per heavy atom. The highest BCUT2D eigenvalue weighted by Crippen LogP contribution is 2.46. The molecule has 0 radical (unpaired) electrons. The van der Waals surface area contributed by atoms with Gasteiger partial charge in [0.25, 0.3) is 0 Å². The van der Waals surface area contributed by atoms with E-state index in [1.807, 2.05) is 44.2 Å². The van der Waals surface area contributed by atoms with Crippen LogP contribution in [0.1, 0.15) is 36.0 Å². The molecule has 2 aromatic carbocycles. The van der Waals surface area contributed by atoms with Crippen LogP contribution in [0.3, 0.4) is 0 Å². The van der Waals surface area contributed by atoms with Gasteiger partial charge in [0.2, 0.25) is 0 Å². The molecule has 0 spiro atoms. The first-order chi connectivity index (χ1) is 12.0. The molecule has 2 bridgehead atoms. The molecule has 1 fully saturated rings. The molecule has 0 aliphatic heterocycles. The summed E-state index contributed by atoms with van der Waals surface area (Å²) >= 11 is 6.27. The van der Waals surface area contributed by atoms with Crippen molar-refractivity contribution < 1.29 is 9.90 Å². The summed E-state index contributed by atoms with van der Waals surface area (Å²) in [7, 11) is 0. The number of aryl methyl sites for hydroxylation is 1. The van der Waals surface area contributed by atoms with E-state index in [-0.39, 0.29) is 17.6 Å². The van der Waals surface area contributed by atoms with E-state index in [0.717, 1.165) is 52.1 Å². The summed E-state index contributed by atoms with van der Waals surface area (Å²) in [5.41, 5.74) is 5.51. The molecule has 128 valence electrons. The van der Waals surface area contributed by atoms with Gasteiger partial charge in [-0.3, -0.25) is 4.79 Å². The molecular formula is C22H21ClO2. The van der Waals surface area contributed by atoms with Crippen LogP contribution in [0.25, 0.3) is 16.7 Å². The van der Waals surface area contributed by atoms with Crippen molar-refractivity contribution >= 4 is 23.0 Å². The zero-order valence-corrected chi connectivity index (χ0v) is 15.2. The van der Waals surface area contributed by atoms with E-state index in [2.05, 4.69) is 6.07 Å². The maximum Gasteiger partial charge on any atom is 0.169 e.